The lowest BCUT2D eigenvalue weighted by Crippen LogP contribution is -2.29. The molecule has 2 aromatic heterocycles. The molecule has 29 heavy (non-hydrogen) atoms. The van der Waals surface area contributed by atoms with Crippen molar-refractivity contribution in [2.24, 2.45) is 0 Å². The zero-order valence-corrected chi connectivity index (χ0v) is 15.3. The fourth-order valence-corrected chi connectivity index (χ4v) is 3.82. The van der Waals surface area contributed by atoms with Crippen molar-refractivity contribution in [3.63, 3.8) is 0 Å². The van der Waals surface area contributed by atoms with Crippen LogP contribution in [0.4, 0.5) is 0 Å². The molecule has 6 heteroatoms. The molecule has 142 valence electrons. The molecule has 4 aromatic rings. The Hall–Kier alpha value is -3.93. The molecule has 5 rings (SSSR count). The summed E-state index contributed by atoms with van der Waals surface area (Å²) >= 11 is 0. The maximum Gasteiger partial charge on any atom is 0.291 e. The minimum Gasteiger partial charge on any atom is -0.508 e. The Labute approximate surface area is 165 Å². The fourth-order valence-electron chi connectivity index (χ4n) is 3.82. The Bertz CT molecular complexity index is 1280. The number of nitrogens with zero attached hydrogens (tertiary/aromatic N) is 2. The average molecular weight is 384 g/mol. The third-order valence-corrected chi connectivity index (χ3v) is 5.18. The number of aromatic nitrogens is 1. The molecule has 3 heterocycles. The summed E-state index contributed by atoms with van der Waals surface area (Å²) in [5.74, 6) is -0.150. The molecule has 6 nitrogen and oxygen atoms in total. The molecular weight excluding hydrogens is 368 g/mol. The van der Waals surface area contributed by atoms with Gasteiger partial charge < -0.3 is 14.4 Å². The normalized spacial score (nSPS) is 15.7. The second-order valence-corrected chi connectivity index (χ2v) is 6.95. The van der Waals surface area contributed by atoms with E-state index in [-0.39, 0.29) is 22.8 Å². The number of benzene rings is 2. The van der Waals surface area contributed by atoms with E-state index >= 15 is 0 Å². The monoisotopic (exact) mass is 384 g/mol. The van der Waals surface area contributed by atoms with E-state index in [4.69, 9.17) is 4.42 Å². The molecule has 1 aliphatic heterocycles. The van der Waals surface area contributed by atoms with Crippen LogP contribution < -0.4 is 5.43 Å². The van der Waals surface area contributed by atoms with Gasteiger partial charge in [0, 0.05) is 18.9 Å². The largest absolute Gasteiger partial charge is 0.508 e. The summed E-state index contributed by atoms with van der Waals surface area (Å²) in [6, 6.07) is 16.5. The van der Waals surface area contributed by atoms with E-state index in [1.54, 1.807) is 65.8 Å². The lowest BCUT2D eigenvalue weighted by molar-refractivity contribution is 0.0714. The number of carbonyl (C=O) groups excluding carboxylic acids is 1. The number of para-hydroxylation sites is 1. The topological polar surface area (TPSA) is 83.6 Å². The van der Waals surface area contributed by atoms with Gasteiger partial charge in [0.2, 0.25) is 5.76 Å². The molecule has 1 amide bonds. The third kappa shape index (κ3) is 2.77. The molecule has 0 bridgehead atoms. The standard InChI is InChI=1S/C23H16N2O4/c26-16-7-5-15(6-8-16)20-19-21(27)17-3-1-2-4-18(17)29-22(19)23(28)25(20)13-14-9-11-24-12-10-14/h1-12,20,26H,13H2/t20-/m0/s1. The van der Waals surface area contributed by atoms with E-state index in [0.29, 0.717) is 23.1 Å². The maximum atomic E-state index is 13.3. The van der Waals surface area contributed by atoms with Gasteiger partial charge in [-0.15, -0.1) is 0 Å². The number of fused-ring (bicyclic) bond motifs is 2. The van der Waals surface area contributed by atoms with Crippen LogP contribution >= 0.6 is 0 Å². The number of phenols is 1. The SMILES string of the molecule is O=C1c2oc3ccccc3c(=O)c2[C@H](c2ccc(O)cc2)N1Cc1ccncc1. The summed E-state index contributed by atoms with van der Waals surface area (Å²) in [6.45, 7) is 0.298. The summed E-state index contributed by atoms with van der Waals surface area (Å²) in [5.41, 5.74) is 2.12. The van der Waals surface area contributed by atoms with Gasteiger partial charge in [-0.05, 0) is 47.5 Å². The molecule has 2 aromatic carbocycles. The van der Waals surface area contributed by atoms with E-state index in [9.17, 15) is 14.7 Å². The number of rotatable bonds is 3. The van der Waals surface area contributed by atoms with Crippen LogP contribution in [0.1, 0.15) is 33.3 Å². The van der Waals surface area contributed by atoms with E-state index < -0.39 is 6.04 Å². The third-order valence-electron chi connectivity index (χ3n) is 5.18. The molecule has 0 aliphatic carbocycles. The van der Waals surface area contributed by atoms with Gasteiger partial charge >= 0.3 is 0 Å². The number of amides is 1. The molecule has 0 saturated carbocycles. The number of aromatic hydroxyl groups is 1. The highest BCUT2D eigenvalue weighted by Gasteiger charge is 2.42. The Kier molecular flexibility index (Phi) is 3.91. The summed E-state index contributed by atoms with van der Waals surface area (Å²) in [5, 5.41) is 10.1. The highest BCUT2D eigenvalue weighted by atomic mass is 16.3. The zero-order chi connectivity index (χ0) is 20.0. The van der Waals surface area contributed by atoms with Gasteiger partial charge in [-0.1, -0.05) is 24.3 Å². The summed E-state index contributed by atoms with van der Waals surface area (Å²) < 4.78 is 5.89. The summed E-state index contributed by atoms with van der Waals surface area (Å²) in [4.78, 5) is 32.2. The number of phenolic OH excluding ortho intramolecular Hbond substituents is 1. The highest BCUT2D eigenvalue weighted by Crippen LogP contribution is 2.39. The number of carbonyl (C=O) groups is 1. The Morgan fingerprint density at radius 1 is 0.966 bits per heavy atom. The summed E-state index contributed by atoms with van der Waals surface area (Å²) in [7, 11) is 0. The van der Waals surface area contributed by atoms with E-state index in [1.165, 1.54) is 0 Å². The lowest BCUT2D eigenvalue weighted by atomic mass is 9.98. The molecule has 1 aliphatic rings. The number of hydrogen-bond acceptors (Lipinski definition) is 5. The fraction of sp³-hybridized carbons (Fsp3) is 0.0870. The summed E-state index contributed by atoms with van der Waals surface area (Å²) in [6.07, 6.45) is 3.33. The molecule has 0 radical (unpaired) electrons. The minimum atomic E-state index is -0.605. The van der Waals surface area contributed by atoms with Crippen molar-refractivity contribution in [2.75, 3.05) is 0 Å². The van der Waals surface area contributed by atoms with Gasteiger partial charge in [-0.25, -0.2) is 0 Å². The van der Waals surface area contributed by atoms with E-state index in [1.807, 2.05) is 12.1 Å². The zero-order valence-electron chi connectivity index (χ0n) is 15.3. The quantitative estimate of drug-likeness (QED) is 0.583. The van der Waals surface area contributed by atoms with Crippen LogP contribution in [0.2, 0.25) is 0 Å². The van der Waals surface area contributed by atoms with Gasteiger partial charge in [0.15, 0.2) is 5.43 Å². The second kappa shape index (κ2) is 6.60. The van der Waals surface area contributed by atoms with Gasteiger partial charge in [0.1, 0.15) is 11.3 Å². The Morgan fingerprint density at radius 2 is 1.69 bits per heavy atom. The van der Waals surface area contributed by atoms with Gasteiger partial charge in [0.25, 0.3) is 5.91 Å². The molecule has 0 fully saturated rings. The van der Waals surface area contributed by atoms with Gasteiger partial charge in [-0.2, -0.15) is 0 Å². The lowest BCUT2D eigenvalue weighted by Gasteiger charge is -2.25. The van der Waals surface area contributed by atoms with Crippen molar-refractivity contribution < 1.29 is 14.3 Å². The molecular formula is C23H16N2O4. The predicted molar refractivity (Wildman–Crippen MR) is 107 cm³/mol. The van der Waals surface area contributed by atoms with Crippen LogP contribution in [0, 0.1) is 0 Å². The van der Waals surface area contributed by atoms with Crippen molar-refractivity contribution in [3.8, 4) is 5.75 Å². The van der Waals surface area contributed by atoms with Crippen LogP contribution in [0.3, 0.4) is 0 Å². The van der Waals surface area contributed by atoms with Crippen molar-refractivity contribution in [2.45, 2.75) is 12.6 Å². The Balaban J connectivity index is 1.73. The van der Waals surface area contributed by atoms with Crippen molar-refractivity contribution in [1.82, 2.24) is 9.88 Å². The second-order valence-electron chi connectivity index (χ2n) is 6.95. The molecule has 0 spiro atoms. The Morgan fingerprint density at radius 3 is 2.45 bits per heavy atom. The first-order valence-electron chi connectivity index (χ1n) is 9.18. The highest BCUT2D eigenvalue weighted by molar-refractivity contribution is 5.99. The predicted octanol–water partition coefficient (Wildman–Crippen LogP) is 3.64. The number of pyridine rings is 1. The van der Waals surface area contributed by atoms with Crippen LogP contribution in [0.15, 0.2) is 82.3 Å². The van der Waals surface area contributed by atoms with Crippen molar-refractivity contribution in [3.05, 3.63) is 106 Å². The maximum absolute atomic E-state index is 13.3. The van der Waals surface area contributed by atoms with Crippen molar-refractivity contribution in [1.29, 1.82) is 0 Å². The first-order chi connectivity index (χ1) is 14.1. The van der Waals surface area contributed by atoms with Crippen molar-refractivity contribution >= 4 is 16.9 Å². The first kappa shape index (κ1) is 17.2. The van der Waals surface area contributed by atoms with Crippen LogP contribution in [-0.4, -0.2) is 20.9 Å². The van der Waals surface area contributed by atoms with Crippen LogP contribution in [0.25, 0.3) is 11.0 Å². The van der Waals surface area contributed by atoms with Gasteiger partial charge in [-0.3, -0.25) is 14.6 Å². The minimum absolute atomic E-state index is 0.0702. The number of hydrogen-bond donors (Lipinski definition) is 1. The van der Waals surface area contributed by atoms with Crippen LogP contribution in [-0.2, 0) is 6.54 Å². The smallest absolute Gasteiger partial charge is 0.291 e. The molecule has 0 saturated heterocycles. The first-order valence-corrected chi connectivity index (χ1v) is 9.18. The van der Waals surface area contributed by atoms with E-state index in [0.717, 1.165) is 11.1 Å². The average Bonchev–Trinajstić information content (AvgIpc) is 3.02. The molecule has 1 atom stereocenters. The molecule has 1 N–H and O–H groups in total. The van der Waals surface area contributed by atoms with Crippen LogP contribution in [0.5, 0.6) is 5.75 Å². The molecule has 0 unspecified atom stereocenters. The van der Waals surface area contributed by atoms with Gasteiger partial charge in [0.05, 0.1) is 17.0 Å². The van der Waals surface area contributed by atoms with E-state index in [2.05, 4.69) is 4.98 Å².